The van der Waals surface area contributed by atoms with Gasteiger partial charge in [-0.1, -0.05) is 64.5 Å². The lowest BCUT2D eigenvalue weighted by Crippen LogP contribution is -2.10. The quantitative estimate of drug-likeness (QED) is 0.456. The maximum atomic E-state index is 13.1. The highest BCUT2D eigenvalue weighted by atomic mass is 79.9. The summed E-state index contributed by atoms with van der Waals surface area (Å²) in [4.78, 5) is 13.1. The van der Waals surface area contributed by atoms with E-state index in [2.05, 4.69) is 15.9 Å². The zero-order valence-electron chi connectivity index (χ0n) is 14.6. The Morgan fingerprint density at radius 1 is 0.964 bits per heavy atom. The summed E-state index contributed by atoms with van der Waals surface area (Å²) in [6.07, 6.45) is 0. The van der Waals surface area contributed by atoms with Crippen LogP contribution in [0.3, 0.4) is 0 Å². The molecule has 0 unspecified atom stereocenters. The first kappa shape index (κ1) is 18.1. The molecular formula is C22H15BrO5. The molecule has 0 aliphatic carbocycles. The van der Waals surface area contributed by atoms with E-state index in [4.69, 9.17) is 9.15 Å². The van der Waals surface area contributed by atoms with Crippen molar-refractivity contribution in [2.24, 2.45) is 0 Å². The highest BCUT2D eigenvalue weighted by molar-refractivity contribution is 9.10. The molecule has 0 saturated heterocycles. The topological polar surface area (TPSA) is 79.9 Å². The first-order valence-electron chi connectivity index (χ1n) is 8.49. The smallest absolute Gasteiger partial charge is 0.239 e. The number of aromatic hydroxyl groups is 2. The molecule has 2 N–H and O–H groups in total. The van der Waals surface area contributed by atoms with E-state index in [9.17, 15) is 15.0 Å². The molecule has 4 rings (SSSR count). The summed E-state index contributed by atoms with van der Waals surface area (Å²) in [6.45, 7) is 0.135. The first-order chi connectivity index (χ1) is 13.5. The van der Waals surface area contributed by atoms with Gasteiger partial charge < -0.3 is 19.4 Å². The molecule has 1 heterocycles. The molecule has 6 heteroatoms. The van der Waals surface area contributed by atoms with Crippen LogP contribution in [-0.4, -0.2) is 10.2 Å². The summed E-state index contributed by atoms with van der Waals surface area (Å²) in [6, 6.07) is 19.0. The van der Waals surface area contributed by atoms with E-state index < -0.39 is 5.43 Å². The lowest BCUT2D eigenvalue weighted by atomic mass is 10.1. The number of halogens is 1. The van der Waals surface area contributed by atoms with Gasteiger partial charge in [0.2, 0.25) is 11.2 Å². The van der Waals surface area contributed by atoms with Gasteiger partial charge in [-0.15, -0.1) is 0 Å². The zero-order chi connectivity index (χ0) is 19.7. The lowest BCUT2D eigenvalue weighted by Gasteiger charge is -2.13. The first-order valence-corrected chi connectivity index (χ1v) is 9.28. The Morgan fingerprint density at radius 2 is 1.68 bits per heavy atom. The molecule has 0 saturated carbocycles. The molecule has 28 heavy (non-hydrogen) atoms. The van der Waals surface area contributed by atoms with Gasteiger partial charge in [0.05, 0.1) is 0 Å². The van der Waals surface area contributed by atoms with Gasteiger partial charge in [-0.05, 0) is 6.07 Å². The predicted octanol–water partition coefficient (Wildman–Crippen LogP) is 5.21. The standard InChI is InChI=1S/C22H15BrO5/c23-16-9-5-4-8-14(16)12-27-22-20(26)19-17(25)10-15(24)11-18(19)28-21(22)13-6-2-1-3-7-13/h1-11,24-25H,12H2. The molecule has 1 aromatic heterocycles. The van der Waals surface area contributed by atoms with Crippen molar-refractivity contribution in [2.75, 3.05) is 0 Å². The van der Waals surface area contributed by atoms with Crippen LogP contribution in [0.4, 0.5) is 0 Å². The molecule has 0 amide bonds. The van der Waals surface area contributed by atoms with Gasteiger partial charge in [-0.2, -0.15) is 0 Å². The molecule has 0 aliphatic heterocycles. The van der Waals surface area contributed by atoms with Crippen LogP contribution in [0.5, 0.6) is 17.2 Å². The van der Waals surface area contributed by atoms with Crippen LogP contribution in [0.25, 0.3) is 22.3 Å². The highest BCUT2D eigenvalue weighted by Gasteiger charge is 2.21. The van der Waals surface area contributed by atoms with Crippen molar-refractivity contribution in [3.8, 4) is 28.6 Å². The van der Waals surface area contributed by atoms with Gasteiger partial charge in [0.25, 0.3) is 0 Å². The zero-order valence-corrected chi connectivity index (χ0v) is 16.1. The fourth-order valence-corrected chi connectivity index (χ4v) is 3.34. The van der Waals surface area contributed by atoms with Crippen LogP contribution < -0.4 is 10.2 Å². The summed E-state index contributed by atoms with van der Waals surface area (Å²) in [5.74, 6) is -0.339. The maximum absolute atomic E-state index is 13.1. The summed E-state index contributed by atoms with van der Waals surface area (Å²) >= 11 is 3.46. The number of ether oxygens (including phenoxy) is 1. The maximum Gasteiger partial charge on any atom is 0.239 e. The summed E-state index contributed by atoms with van der Waals surface area (Å²) in [7, 11) is 0. The summed E-state index contributed by atoms with van der Waals surface area (Å²) in [5.41, 5.74) is 1.07. The Balaban J connectivity index is 1.91. The summed E-state index contributed by atoms with van der Waals surface area (Å²) < 4.78 is 12.6. The van der Waals surface area contributed by atoms with Crippen LogP contribution in [-0.2, 0) is 6.61 Å². The van der Waals surface area contributed by atoms with E-state index in [0.717, 1.165) is 16.1 Å². The van der Waals surface area contributed by atoms with Crippen molar-refractivity contribution in [2.45, 2.75) is 6.61 Å². The highest BCUT2D eigenvalue weighted by Crippen LogP contribution is 2.36. The van der Waals surface area contributed by atoms with Gasteiger partial charge in [0.1, 0.15) is 29.1 Å². The van der Waals surface area contributed by atoms with E-state index in [-0.39, 0.29) is 40.6 Å². The average molecular weight is 439 g/mol. The van der Waals surface area contributed by atoms with Crippen molar-refractivity contribution >= 4 is 26.9 Å². The third kappa shape index (κ3) is 3.34. The van der Waals surface area contributed by atoms with Crippen molar-refractivity contribution < 1.29 is 19.4 Å². The minimum atomic E-state index is -0.510. The Morgan fingerprint density at radius 3 is 2.43 bits per heavy atom. The van der Waals surface area contributed by atoms with Crippen molar-refractivity contribution in [1.82, 2.24) is 0 Å². The SMILES string of the molecule is O=c1c(OCc2ccccc2Br)c(-c2ccccc2)oc2cc(O)cc(O)c12. The van der Waals surface area contributed by atoms with Gasteiger partial charge >= 0.3 is 0 Å². The Labute approximate surface area is 168 Å². The molecule has 0 aliphatic rings. The minimum Gasteiger partial charge on any atom is -0.508 e. The Kier molecular flexibility index (Phi) is 4.79. The van der Waals surface area contributed by atoms with E-state index in [1.807, 2.05) is 42.5 Å². The predicted molar refractivity (Wildman–Crippen MR) is 110 cm³/mol. The number of phenols is 2. The second-order valence-electron chi connectivity index (χ2n) is 6.17. The number of fused-ring (bicyclic) bond motifs is 1. The molecule has 0 radical (unpaired) electrons. The molecule has 0 atom stereocenters. The molecule has 3 aromatic carbocycles. The largest absolute Gasteiger partial charge is 0.508 e. The third-order valence-corrected chi connectivity index (χ3v) is 5.06. The molecular weight excluding hydrogens is 424 g/mol. The second-order valence-corrected chi connectivity index (χ2v) is 7.03. The van der Waals surface area contributed by atoms with E-state index in [0.29, 0.717) is 5.56 Å². The van der Waals surface area contributed by atoms with Gasteiger partial charge in [-0.25, -0.2) is 0 Å². The van der Waals surface area contributed by atoms with Crippen LogP contribution in [0, 0.1) is 0 Å². The van der Waals surface area contributed by atoms with Crippen LogP contribution in [0.2, 0.25) is 0 Å². The Bertz CT molecular complexity index is 1220. The van der Waals surface area contributed by atoms with Crippen LogP contribution in [0.15, 0.2) is 80.4 Å². The van der Waals surface area contributed by atoms with Gasteiger partial charge in [0.15, 0.2) is 5.76 Å². The normalized spacial score (nSPS) is 10.9. The average Bonchev–Trinajstić information content (AvgIpc) is 2.68. The lowest BCUT2D eigenvalue weighted by molar-refractivity contribution is 0.297. The minimum absolute atomic E-state index is 0.00422. The Hall–Kier alpha value is -3.25. The van der Waals surface area contributed by atoms with E-state index in [1.165, 1.54) is 6.07 Å². The monoisotopic (exact) mass is 438 g/mol. The van der Waals surface area contributed by atoms with Crippen LogP contribution >= 0.6 is 15.9 Å². The second kappa shape index (κ2) is 7.40. The molecule has 4 aromatic rings. The summed E-state index contributed by atoms with van der Waals surface area (Å²) in [5, 5.41) is 19.9. The fourth-order valence-electron chi connectivity index (χ4n) is 2.94. The molecule has 140 valence electrons. The van der Waals surface area contributed by atoms with E-state index in [1.54, 1.807) is 12.1 Å². The number of phenolic OH excluding ortho intramolecular Hbond substituents is 2. The van der Waals surface area contributed by atoms with Crippen molar-refractivity contribution in [3.05, 3.63) is 87.0 Å². The van der Waals surface area contributed by atoms with Crippen LogP contribution in [0.1, 0.15) is 5.56 Å². The van der Waals surface area contributed by atoms with Crippen molar-refractivity contribution in [3.63, 3.8) is 0 Å². The van der Waals surface area contributed by atoms with E-state index >= 15 is 0 Å². The van der Waals surface area contributed by atoms with Gasteiger partial charge in [0, 0.05) is 27.7 Å². The number of hydrogen-bond acceptors (Lipinski definition) is 5. The fraction of sp³-hybridized carbons (Fsp3) is 0.0455. The van der Waals surface area contributed by atoms with Crippen molar-refractivity contribution in [1.29, 1.82) is 0 Å². The molecule has 0 fully saturated rings. The molecule has 5 nitrogen and oxygen atoms in total. The number of rotatable bonds is 4. The molecule has 0 bridgehead atoms. The third-order valence-electron chi connectivity index (χ3n) is 4.28. The number of benzene rings is 3. The number of hydrogen-bond donors (Lipinski definition) is 2. The molecule has 0 spiro atoms. The van der Waals surface area contributed by atoms with Gasteiger partial charge in [-0.3, -0.25) is 4.79 Å².